The van der Waals surface area contributed by atoms with Gasteiger partial charge in [-0.05, 0) is 56.5 Å². The van der Waals surface area contributed by atoms with Crippen LogP contribution in [-0.2, 0) is 19.5 Å². The Morgan fingerprint density at radius 1 is 1.33 bits per heavy atom. The van der Waals surface area contributed by atoms with E-state index in [0.29, 0.717) is 24.6 Å². The van der Waals surface area contributed by atoms with Crippen LogP contribution in [0.25, 0.3) is 0 Å². The molecule has 1 atom stereocenters. The van der Waals surface area contributed by atoms with Crippen LogP contribution in [0.3, 0.4) is 0 Å². The zero-order chi connectivity index (χ0) is 16.5. The smallest absolute Gasteiger partial charge is 0.255 e. The molecule has 24 heavy (non-hydrogen) atoms. The average molecular weight is 325 g/mol. The van der Waals surface area contributed by atoms with Crippen LogP contribution in [0.5, 0.6) is 0 Å². The van der Waals surface area contributed by atoms with Gasteiger partial charge in [0.25, 0.3) is 5.91 Å². The topological polar surface area (TPSA) is 63.1 Å². The van der Waals surface area contributed by atoms with Crippen LogP contribution in [0.15, 0.2) is 24.5 Å². The molecule has 2 aromatic rings. The SMILES string of the molecule is Cc1cc2n(n1)CCN(C(=O)c1cncc(CC3CCNC3)c1)C2. The summed E-state index contributed by atoms with van der Waals surface area (Å²) in [6.07, 6.45) is 5.78. The molecule has 2 aliphatic rings. The van der Waals surface area contributed by atoms with Crippen LogP contribution in [0, 0.1) is 12.8 Å². The molecule has 1 N–H and O–H groups in total. The van der Waals surface area contributed by atoms with E-state index >= 15 is 0 Å². The van der Waals surface area contributed by atoms with Gasteiger partial charge in [0.15, 0.2) is 0 Å². The molecular weight excluding hydrogens is 302 g/mol. The first-order valence-electron chi connectivity index (χ1n) is 8.66. The minimum absolute atomic E-state index is 0.0685. The molecule has 4 rings (SSSR count). The molecule has 126 valence electrons. The molecular formula is C18H23N5O. The van der Waals surface area contributed by atoms with Crippen molar-refractivity contribution >= 4 is 5.91 Å². The normalized spacial score (nSPS) is 20.2. The molecule has 0 radical (unpaired) electrons. The summed E-state index contributed by atoms with van der Waals surface area (Å²) in [5, 5.41) is 7.84. The van der Waals surface area contributed by atoms with Crippen molar-refractivity contribution in [2.75, 3.05) is 19.6 Å². The largest absolute Gasteiger partial charge is 0.331 e. The van der Waals surface area contributed by atoms with E-state index < -0.39 is 0 Å². The zero-order valence-corrected chi connectivity index (χ0v) is 14.0. The van der Waals surface area contributed by atoms with Crippen molar-refractivity contribution in [2.24, 2.45) is 5.92 Å². The average Bonchev–Trinajstić information content (AvgIpc) is 3.22. The van der Waals surface area contributed by atoms with E-state index in [1.54, 1.807) is 6.20 Å². The Labute approximate surface area is 141 Å². The summed E-state index contributed by atoms with van der Waals surface area (Å²) < 4.78 is 2.00. The summed E-state index contributed by atoms with van der Waals surface area (Å²) in [5.74, 6) is 0.725. The van der Waals surface area contributed by atoms with Crippen LogP contribution < -0.4 is 5.32 Å². The first kappa shape index (κ1) is 15.3. The minimum Gasteiger partial charge on any atom is -0.331 e. The van der Waals surface area contributed by atoms with E-state index in [4.69, 9.17) is 0 Å². The van der Waals surface area contributed by atoms with Crippen LogP contribution >= 0.6 is 0 Å². The second-order valence-electron chi connectivity index (χ2n) is 6.87. The second kappa shape index (κ2) is 6.36. The van der Waals surface area contributed by atoms with Gasteiger partial charge in [-0.15, -0.1) is 0 Å². The standard InChI is InChI=1S/C18H23N5O/c1-13-6-17-12-22(4-5-23(17)21-13)18(24)16-8-15(10-20-11-16)7-14-2-3-19-9-14/h6,8,10-11,14,19H,2-5,7,9,12H2,1H3. The Kier molecular flexibility index (Phi) is 4.06. The lowest BCUT2D eigenvalue weighted by molar-refractivity contribution is 0.0705. The summed E-state index contributed by atoms with van der Waals surface area (Å²) in [4.78, 5) is 19.1. The molecule has 1 unspecified atom stereocenters. The Balaban J connectivity index is 1.48. The van der Waals surface area contributed by atoms with Crippen molar-refractivity contribution in [3.05, 3.63) is 47.0 Å². The zero-order valence-electron chi connectivity index (χ0n) is 14.0. The van der Waals surface area contributed by atoms with E-state index in [1.807, 2.05) is 28.8 Å². The highest BCUT2D eigenvalue weighted by Gasteiger charge is 2.23. The van der Waals surface area contributed by atoms with Gasteiger partial charge in [0, 0.05) is 18.9 Å². The van der Waals surface area contributed by atoms with Crippen LogP contribution in [-0.4, -0.2) is 45.2 Å². The fourth-order valence-electron chi connectivity index (χ4n) is 3.70. The van der Waals surface area contributed by atoms with E-state index in [9.17, 15) is 4.79 Å². The van der Waals surface area contributed by atoms with Gasteiger partial charge >= 0.3 is 0 Å². The predicted molar refractivity (Wildman–Crippen MR) is 90.6 cm³/mol. The quantitative estimate of drug-likeness (QED) is 0.926. The van der Waals surface area contributed by atoms with Crippen molar-refractivity contribution in [2.45, 2.75) is 32.9 Å². The van der Waals surface area contributed by atoms with Crippen LogP contribution in [0.1, 0.15) is 33.7 Å². The maximum atomic E-state index is 12.8. The van der Waals surface area contributed by atoms with E-state index in [1.165, 1.54) is 6.42 Å². The van der Waals surface area contributed by atoms with E-state index in [-0.39, 0.29) is 5.91 Å². The highest BCUT2D eigenvalue weighted by atomic mass is 16.2. The van der Waals surface area contributed by atoms with Crippen molar-refractivity contribution < 1.29 is 4.79 Å². The Morgan fingerprint density at radius 2 is 2.25 bits per heavy atom. The van der Waals surface area contributed by atoms with Crippen molar-refractivity contribution in [1.82, 2.24) is 25.0 Å². The molecule has 0 aromatic carbocycles. The lowest BCUT2D eigenvalue weighted by Crippen LogP contribution is -2.38. The number of carbonyl (C=O) groups is 1. The third-order valence-corrected chi connectivity index (χ3v) is 4.94. The van der Waals surface area contributed by atoms with Gasteiger partial charge in [0.1, 0.15) is 0 Å². The third kappa shape index (κ3) is 3.06. The lowest BCUT2D eigenvalue weighted by atomic mass is 9.99. The van der Waals surface area contributed by atoms with Crippen molar-refractivity contribution in [1.29, 1.82) is 0 Å². The number of hydrogen-bond donors (Lipinski definition) is 1. The molecule has 0 bridgehead atoms. The van der Waals surface area contributed by atoms with E-state index in [2.05, 4.69) is 21.5 Å². The van der Waals surface area contributed by atoms with Gasteiger partial charge in [-0.25, -0.2) is 0 Å². The number of aromatic nitrogens is 3. The summed E-state index contributed by atoms with van der Waals surface area (Å²) in [6, 6.07) is 4.08. The van der Waals surface area contributed by atoms with Crippen LogP contribution in [0.4, 0.5) is 0 Å². The maximum Gasteiger partial charge on any atom is 0.255 e. The van der Waals surface area contributed by atoms with Gasteiger partial charge < -0.3 is 10.2 Å². The summed E-state index contributed by atoms with van der Waals surface area (Å²) in [5.41, 5.74) is 3.97. The number of carbonyl (C=O) groups excluding carboxylic acids is 1. The van der Waals surface area contributed by atoms with Crippen molar-refractivity contribution in [3.8, 4) is 0 Å². The number of hydrogen-bond acceptors (Lipinski definition) is 4. The van der Waals surface area contributed by atoms with Gasteiger partial charge in [-0.2, -0.15) is 5.10 Å². The minimum atomic E-state index is 0.0685. The monoisotopic (exact) mass is 325 g/mol. The second-order valence-corrected chi connectivity index (χ2v) is 6.87. The van der Waals surface area contributed by atoms with E-state index in [0.717, 1.165) is 43.0 Å². The first-order valence-corrected chi connectivity index (χ1v) is 8.66. The molecule has 0 saturated carbocycles. The molecule has 6 nitrogen and oxygen atoms in total. The van der Waals surface area contributed by atoms with Gasteiger partial charge in [-0.3, -0.25) is 14.5 Å². The molecule has 2 aromatic heterocycles. The molecule has 1 saturated heterocycles. The fraction of sp³-hybridized carbons (Fsp3) is 0.500. The summed E-state index contributed by atoms with van der Waals surface area (Å²) >= 11 is 0. The summed E-state index contributed by atoms with van der Waals surface area (Å²) in [6.45, 7) is 6.23. The predicted octanol–water partition coefficient (Wildman–Crippen LogP) is 1.39. The molecule has 1 amide bonds. The van der Waals surface area contributed by atoms with Gasteiger partial charge in [-0.1, -0.05) is 0 Å². The maximum absolute atomic E-state index is 12.8. The first-order chi connectivity index (χ1) is 11.7. The highest BCUT2D eigenvalue weighted by Crippen LogP contribution is 2.18. The number of fused-ring (bicyclic) bond motifs is 1. The Hall–Kier alpha value is -2.21. The molecule has 6 heteroatoms. The number of nitrogens with zero attached hydrogens (tertiary/aromatic N) is 4. The Bertz CT molecular complexity index is 748. The fourth-order valence-corrected chi connectivity index (χ4v) is 3.70. The van der Waals surface area contributed by atoms with Crippen LogP contribution in [0.2, 0.25) is 0 Å². The lowest BCUT2D eigenvalue weighted by Gasteiger charge is -2.27. The number of rotatable bonds is 3. The van der Waals surface area contributed by atoms with Crippen molar-refractivity contribution in [3.63, 3.8) is 0 Å². The third-order valence-electron chi connectivity index (χ3n) is 4.94. The molecule has 2 aliphatic heterocycles. The number of nitrogens with one attached hydrogen (secondary N) is 1. The Morgan fingerprint density at radius 3 is 3.08 bits per heavy atom. The molecule has 1 fully saturated rings. The molecule has 0 spiro atoms. The number of pyridine rings is 1. The van der Waals surface area contributed by atoms with Gasteiger partial charge in [0.2, 0.25) is 0 Å². The number of amides is 1. The summed E-state index contributed by atoms with van der Waals surface area (Å²) in [7, 11) is 0. The van der Waals surface area contributed by atoms with Gasteiger partial charge in [0.05, 0.1) is 30.0 Å². The molecule has 0 aliphatic carbocycles. The highest BCUT2D eigenvalue weighted by molar-refractivity contribution is 5.94. The number of aryl methyl sites for hydroxylation is 1. The molecule has 4 heterocycles.